The molecule has 1 atom stereocenters. The van der Waals surface area contributed by atoms with Gasteiger partial charge in [-0.15, -0.1) is 5.10 Å². The summed E-state index contributed by atoms with van der Waals surface area (Å²) in [5, 5.41) is 9.32. The van der Waals surface area contributed by atoms with Crippen LogP contribution >= 0.6 is 11.8 Å². The zero-order valence-electron chi connectivity index (χ0n) is 18.1. The summed E-state index contributed by atoms with van der Waals surface area (Å²) in [6.45, 7) is 6.76. The molecule has 1 aliphatic rings. The highest BCUT2D eigenvalue weighted by Crippen LogP contribution is 2.32. The Kier molecular flexibility index (Phi) is 7.69. The van der Waals surface area contributed by atoms with Crippen LogP contribution in [0.3, 0.4) is 0 Å². The lowest BCUT2D eigenvalue weighted by atomic mass is 10.1. The lowest BCUT2D eigenvalue weighted by molar-refractivity contribution is -0.126. The number of unbranched alkanes of at least 4 members (excludes halogenated alkanes) is 1. The van der Waals surface area contributed by atoms with Crippen molar-refractivity contribution in [3.8, 4) is 5.75 Å². The Labute approximate surface area is 183 Å². The summed E-state index contributed by atoms with van der Waals surface area (Å²) < 4.78 is 5.23. The van der Waals surface area contributed by atoms with Crippen molar-refractivity contribution in [3.05, 3.63) is 64.7 Å². The van der Waals surface area contributed by atoms with E-state index in [1.165, 1.54) is 17.3 Å². The first kappa shape index (κ1) is 22.1. The molecule has 0 radical (unpaired) electrons. The summed E-state index contributed by atoms with van der Waals surface area (Å²) in [6.07, 6.45) is 4.72. The number of thioether (sulfide) groups is 1. The summed E-state index contributed by atoms with van der Waals surface area (Å²) in [5.41, 5.74) is 4.44. The summed E-state index contributed by atoms with van der Waals surface area (Å²) in [7, 11) is 1.65. The zero-order valence-corrected chi connectivity index (χ0v) is 18.9. The first-order valence-corrected chi connectivity index (χ1v) is 11.2. The molecule has 0 bridgehead atoms. The molecule has 1 aliphatic heterocycles. The molecule has 3 rings (SSSR count). The largest absolute Gasteiger partial charge is 0.497 e. The first-order chi connectivity index (χ1) is 14.5. The van der Waals surface area contributed by atoms with Gasteiger partial charge in [0.25, 0.3) is 0 Å². The van der Waals surface area contributed by atoms with Gasteiger partial charge in [-0.2, -0.15) is 5.10 Å². The summed E-state index contributed by atoms with van der Waals surface area (Å²) >= 11 is 1.52. The maximum Gasteiger partial charge on any atom is 0.242 e. The number of amides is 1. The molecule has 158 valence electrons. The predicted molar refractivity (Wildman–Crippen MR) is 125 cm³/mol. The van der Waals surface area contributed by atoms with Crippen LogP contribution in [0.1, 0.15) is 48.4 Å². The van der Waals surface area contributed by atoms with Crippen molar-refractivity contribution in [2.24, 2.45) is 10.2 Å². The number of ether oxygens (including phenoxy) is 1. The Morgan fingerprint density at radius 3 is 2.60 bits per heavy atom. The molecule has 0 aliphatic carbocycles. The lowest BCUT2D eigenvalue weighted by Gasteiger charge is -2.16. The molecule has 0 spiro atoms. The molecule has 30 heavy (non-hydrogen) atoms. The SMILES string of the molecule is CCCCC1S/C(=N/N=C/c2ccc(C)cc2C)N(Cc2ccc(OC)cc2)C1=O. The van der Waals surface area contributed by atoms with E-state index in [-0.39, 0.29) is 11.2 Å². The van der Waals surface area contributed by atoms with E-state index in [0.717, 1.165) is 41.7 Å². The number of amidine groups is 1. The summed E-state index contributed by atoms with van der Waals surface area (Å²) in [4.78, 5) is 14.8. The fourth-order valence-electron chi connectivity index (χ4n) is 3.33. The van der Waals surface area contributed by atoms with Gasteiger partial charge in [-0.3, -0.25) is 9.69 Å². The standard InChI is InChI=1S/C24H29N3O2S/c1-5-6-7-22-23(28)27(16-19-9-12-21(29-4)13-10-19)24(30-22)26-25-15-20-11-8-17(2)14-18(20)3/h8-15,22H,5-7,16H2,1-4H3/b25-15+,26-24+. The number of rotatable bonds is 8. The van der Waals surface area contributed by atoms with Crippen LogP contribution in [0.5, 0.6) is 5.75 Å². The smallest absolute Gasteiger partial charge is 0.242 e. The van der Waals surface area contributed by atoms with Gasteiger partial charge in [-0.05, 0) is 49.1 Å². The zero-order chi connectivity index (χ0) is 21.5. The third-order valence-electron chi connectivity index (χ3n) is 5.11. The molecule has 0 N–H and O–H groups in total. The van der Waals surface area contributed by atoms with Gasteiger partial charge in [-0.1, -0.05) is 67.4 Å². The van der Waals surface area contributed by atoms with Crippen LogP contribution in [0.2, 0.25) is 0 Å². The van der Waals surface area contributed by atoms with Gasteiger partial charge in [-0.25, -0.2) is 0 Å². The Hall–Kier alpha value is -2.60. The van der Waals surface area contributed by atoms with Crippen molar-refractivity contribution in [3.63, 3.8) is 0 Å². The molecular formula is C24H29N3O2S. The van der Waals surface area contributed by atoms with Gasteiger partial charge in [0.05, 0.1) is 25.1 Å². The predicted octanol–water partition coefficient (Wildman–Crippen LogP) is 5.34. The third kappa shape index (κ3) is 5.51. The van der Waals surface area contributed by atoms with Gasteiger partial charge in [0.2, 0.25) is 5.91 Å². The minimum absolute atomic E-state index is 0.0849. The Balaban J connectivity index is 1.81. The van der Waals surface area contributed by atoms with Crippen LogP contribution in [0.25, 0.3) is 0 Å². The average Bonchev–Trinajstić information content (AvgIpc) is 3.03. The van der Waals surface area contributed by atoms with Gasteiger partial charge in [0.15, 0.2) is 5.17 Å². The van der Waals surface area contributed by atoms with E-state index in [4.69, 9.17) is 4.74 Å². The van der Waals surface area contributed by atoms with Crippen molar-refractivity contribution in [1.82, 2.24) is 4.90 Å². The number of aryl methyl sites for hydroxylation is 2. The molecule has 0 aromatic heterocycles. The normalized spacial score (nSPS) is 18.0. The molecule has 0 saturated carbocycles. The highest BCUT2D eigenvalue weighted by Gasteiger charge is 2.37. The fourth-order valence-corrected chi connectivity index (χ4v) is 4.47. The minimum Gasteiger partial charge on any atom is -0.497 e. The van der Waals surface area contributed by atoms with Crippen molar-refractivity contribution in [2.75, 3.05) is 7.11 Å². The van der Waals surface area contributed by atoms with E-state index in [1.54, 1.807) is 18.2 Å². The van der Waals surface area contributed by atoms with E-state index in [1.807, 2.05) is 30.3 Å². The first-order valence-electron chi connectivity index (χ1n) is 10.3. The van der Waals surface area contributed by atoms with Crippen molar-refractivity contribution < 1.29 is 9.53 Å². The maximum atomic E-state index is 13.0. The molecule has 1 unspecified atom stereocenters. The average molecular weight is 424 g/mol. The Morgan fingerprint density at radius 1 is 1.17 bits per heavy atom. The quantitative estimate of drug-likeness (QED) is 0.426. The second kappa shape index (κ2) is 10.4. The highest BCUT2D eigenvalue weighted by molar-refractivity contribution is 8.15. The highest BCUT2D eigenvalue weighted by atomic mass is 32.2. The van der Waals surface area contributed by atoms with Gasteiger partial charge >= 0.3 is 0 Å². The van der Waals surface area contributed by atoms with Crippen LogP contribution in [-0.4, -0.2) is 34.5 Å². The van der Waals surface area contributed by atoms with Crippen molar-refractivity contribution >= 4 is 29.1 Å². The second-order valence-electron chi connectivity index (χ2n) is 7.51. The van der Waals surface area contributed by atoms with E-state index in [9.17, 15) is 4.79 Å². The van der Waals surface area contributed by atoms with Crippen molar-refractivity contribution in [2.45, 2.75) is 51.8 Å². The fraction of sp³-hybridized carbons (Fsp3) is 0.375. The number of methoxy groups -OCH3 is 1. The molecule has 1 amide bonds. The van der Waals surface area contributed by atoms with Crippen LogP contribution < -0.4 is 4.74 Å². The number of hydrogen-bond donors (Lipinski definition) is 0. The molecular weight excluding hydrogens is 394 g/mol. The van der Waals surface area contributed by atoms with Gasteiger partial charge in [0.1, 0.15) is 5.75 Å². The number of carbonyl (C=O) groups excluding carboxylic acids is 1. The maximum absolute atomic E-state index is 13.0. The monoisotopic (exact) mass is 423 g/mol. The van der Waals surface area contributed by atoms with E-state index >= 15 is 0 Å². The number of benzene rings is 2. The van der Waals surface area contributed by atoms with Gasteiger partial charge in [0, 0.05) is 0 Å². The topological polar surface area (TPSA) is 54.3 Å². The van der Waals surface area contributed by atoms with E-state index in [2.05, 4.69) is 43.1 Å². The molecule has 2 aromatic rings. The van der Waals surface area contributed by atoms with Crippen LogP contribution in [0, 0.1) is 13.8 Å². The molecule has 1 fully saturated rings. The lowest BCUT2D eigenvalue weighted by Crippen LogP contribution is -2.31. The number of nitrogens with zero attached hydrogens (tertiary/aromatic N) is 3. The van der Waals surface area contributed by atoms with Crippen molar-refractivity contribution in [1.29, 1.82) is 0 Å². The molecule has 1 heterocycles. The molecule has 2 aromatic carbocycles. The minimum atomic E-state index is -0.0849. The number of hydrogen-bond acceptors (Lipinski definition) is 5. The molecule has 6 heteroatoms. The van der Waals surface area contributed by atoms with E-state index in [0.29, 0.717) is 11.7 Å². The van der Waals surface area contributed by atoms with Crippen LogP contribution in [-0.2, 0) is 11.3 Å². The summed E-state index contributed by atoms with van der Waals surface area (Å²) in [5.74, 6) is 0.915. The van der Waals surface area contributed by atoms with Crippen LogP contribution in [0.15, 0.2) is 52.7 Å². The van der Waals surface area contributed by atoms with E-state index < -0.39 is 0 Å². The Morgan fingerprint density at radius 2 is 1.93 bits per heavy atom. The molecule has 1 saturated heterocycles. The third-order valence-corrected chi connectivity index (χ3v) is 6.34. The second-order valence-corrected chi connectivity index (χ2v) is 8.68. The van der Waals surface area contributed by atoms with Gasteiger partial charge < -0.3 is 4.74 Å². The molecule has 5 nitrogen and oxygen atoms in total. The summed E-state index contributed by atoms with van der Waals surface area (Å²) in [6, 6.07) is 14.0. The number of carbonyl (C=O) groups is 1. The van der Waals surface area contributed by atoms with Crippen LogP contribution in [0.4, 0.5) is 0 Å². The Bertz CT molecular complexity index is 938.